The number of anilines is 1. The molecule has 1 fully saturated rings. The monoisotopic (exact) mass is 338 g/mol. The van der Waals surface area contributed by atoms with Gasteiger partial charge in [0.15, 0.2) is 0 Å². The summed E-state index contributed by atoms with van der Waals surface area (Å²) in [6.07, 6.45) is 0.927. The highest BCUT2D eigenvalue weighted by Gasteiger charge is 2.33. The van der Waals surface area contributed by atoms with Gasteiger partial charge in [0.05, 0.1) is 0 Å². The Bertz CT molecular complexity index is 730. The number of carbonyl (C=O) groups excluding carboxylic acids is 1. The quantitative estimate of drug-likeness (QED) is 0.879. The van der Waals surface area contributed by atoms with Gasteiger partial charge in [-0.15, -0.1) is 0 Å². The number of nitrogens with one attached hydrogen (secondary N) is 1. The van der Waals surface area contributed by atoms with Crippen LogP contribution in [0.25, 0.3) is 0 Å². The molecule has 0 bridgehead atoms. The maximum atomic E-state index is 13.1. The minimum absolute atomic E-state index is 0.0153. The van der Waals surface area contributed by atoms with E-state index < -0.39 is 0 Å². The third-order valence-corrected chi connectivity index (χ3v) is 4.96. The molecular formula is C21H26N2O2. The summed E-state index contributed by atoms with van der Waals surface area (Å²) >= 11 is 0. The average molecular weight is 338 g/mol. The number of likely N-dealkylation sites (tertiary alicyclic amines) is 1. The third kappa shape index (κ3) is 4.09. The Morgan fingerprint density at radius 3 is 2.68 bits per heavy atom. The molecule has 2 aromatic carbocycles. The van der Waals surface area contributed by atoms with E-state index in [-0.39, 0.29) is 24.5 Å². The fourth-order valence-corrected chi connectivity index (χ4v) is 3.48. The fraction of sp³-hybridized carbons (Fsp3) is 0.381. The molecular weight excluding hydrogens is 312 g/mol. The molecule has 0 saturated carbocycles. The normalized spacial score (nSPS) is 18.9. The number of nitrogens with zero attached hydrogens (tertiary/aromatic N) is 1. The predicted octanol–water partition coefficient (Wildman–Crippen LogP) is 3.30. The van der Waals surface area contributed by atoms with Crippen LogP contribution in [0.15, 0.2) is 48.5 Å². The fourth-order valence-electron chi connectivity index (χ4n) is 3.48. The zero-order chi connectivity index (χ0) is 17.8. The number of carbonyl (C=O) groups is 1. The number of rotatable bonds is 5. The van der Waals surface area contributed by atoms with Crippen molar-refractivity contribution in [2.24, 2.45) is 5.92 Å². The first-order chi connectivity index (χ1) is 12.1. The van der Waals surface area contributed by atoms with Crippen molar-refractivity contribution in [3.05, 3.63) is 65.2 Å². The summed E-state index contributed by atoms with van der Waals surface area (Å²) in [6, 6.07) is 15.6. The van der Waals surface area contributed by atoms with E-state index >= 15 is 0 Å². The second-order valence-electron chi connectivity index (χ2n) is 6.95. The topological polar surface area (TPSA) is 52.6 Å². The van der Waals surface area contributed by atoms with Crippen LogP contribution in [-0.2, 0) is 4.79 Å². The van der Waals surface area contributed by atoms with Crippen LogP contribution < -0.4 is 5.32 Å². The first-order valence-corrected chi connectivity index (χ1v) is 8.86. The van der Waals surface area contributed by atoms with E-state index in [9.17, 15) is 9.90 Å². The van der Waals surface area contributed by atoms with Gasteiger partial charge in [-0.3, -0.25) is 9.69 Å². The van der Waals surface area contributed by atoms with Gasteiger partial charge in [-0.05, 0) is 55.5 Å². The van der Waals surface area contributed by atoms with Crippen molar-refractivity contribution in [1.82, 2.24) is 4.90 Å². The molecule has 1 amide bonds. The molecule has 0 aromatic heterocycles. The molecule has 4 heteroatoms. The lowest BCUT2D eigenvalue weighted by Crippen LogP contribution is -2.36. The summed E-state index contributed by atoms with van der Waals surface area (Å²) in [4.78, 5) is 15.3. The van der Waals surface area contributed by atoms with E-state index in [1.54, 1.807) is 0 Å². The molecule has 0 aliphatic carbocycles. The molecule has 1 heterocycles. The molecule has 2 N–H and O–H groups in total. The van der Waals surface area contributed by atoms with E-state index in [2.05, 4.69) is 10.2 Å². The Morgan fingerprint density at radius 1 is 1.24 bits per heavy atom. The van der Waals surface area contributed by atoms with Gasteiger partial charge < -0.3 is 10.4 Å². The maximum absolute atomic E-state index is 13.1. The molecule has 0 spiro atoms. The summed E-state index contributed by atoms with van der Waals surface area (Å²) in [5, 5.41) is 12.6. The van der Waals surface area contributed by atoms with Crippen molar-refractivity contribution < 1.29 is 9.90 Å². The molecule has 3 rings (SSSR count). The van der Waals surface area contributed by atoms with Crippen molar-refractivity contribution in [3.63, 3.8) is 0 Å². The lowest BCUT2D eigenvalue weighted by molar-refractivity contribution is -0.121. The lowest BCUT2D eigenvalue weighted by atomic mass is 10.0. The molecule has 4 nitrogen and oxygen atoms in total. The smallest absolute Gasteiger partial charge is 0.246 e. The van der Waals surface area contributed by atoms with Crippen molar-refractivity contribution in [3.8, 4) is 0 Å². The number of hydrogen-bond donors (Lipinski definition) is 2. The molecule has 1 aliphatic heterocycles. The molecule has 1 saturated heterocycles. The van der Waals surface area contributed by atoms with Crippen molar-refractivity contribution in [1.29, 1.82) is 0 Å². The number of amides is 1. The first kappa shape index (κ1) is 17.6. The molecule has 2 atom stereocenters. The Hall–Kier alpha value is -2.17. The lowest BCUT2D eigenvalue weighted by Gasteiger charge is -2.27. The van der Waals surface area contributed by atoms with Crippen LogP contribution in [0.5, 0.6) is 0 Å². The van der Waals surface area contributed by atoms with Crippen LogP contribution >= 0.6 is 0 Å². The van der Waals surface area contributed by atoms with Gasteiger partial charge in [0.1, 0.15) is 6.04 Å². The number of benzene rings is 2. The number of aliphatic hydroxyl groups excluding tert-OH is 1. The van der Waals surface area contributed by atoms with E-state index in [0.29, 0.717) is 0 Å². The van der Waals surface area contributed by atoms with Crippen molar-refractivity contribution in [2.75, 3.05) is 25.0 Å². The molecule has 2 aromatic rings. The number of aliphatic hydroxyl groups is 1. The Balaban J connectivity index is 1.86. The summed E-state index contributed by atoms with van der Waals surface area (Å²) in [7, 11) is 0. The number of aryl methyl sites for hydroxylation is 2. The zero-order valence-electron chi connectivity index (χ0n) is 14.9. The van der Waals surface area contributed by atoms with E-state index in [0.717, 1.165) is 41.9 Å². The third-order valence-electron chi connectivity index (χ3n) is 4.96. The van der Waals surface area contributed by atoms with E-state index in [4.69, 9.17) is 0 Å². The zero-order valence-corrected chi connectivity index (χ0v) is 14.9. The molecule has 132 valence electrons. The average Bonchev–Trinajstić information content (AvgIpc) is 3.08. The summed E-state index contributed by atoms with van der Waals surface area (Å²) in [5.41, 5.74) is 4.03. The van der Waals surface area contributed by atoms with Gasteiger partial charge in [-0.2, -0.15) is 0 Å². The Labute approximate surface area is 149 Å². The van der Waals surface area contributed by atoms with Gasteiger partial charge in [0.25, 0.3) is 0 Å². The Kier molecular flexibility index (Phi) is 5.51. The summed E-state index contributed by atoms with van der Waals surface area (Å²) in [6.45, 7) is 5.78. The van der Waals surface area contributed by atoms with Gasteiger partial charge in [-0.1, -0.05) is 42.5 Å². The van der Waals surface area contributed by atoms with Gasteiger partial charge in [-0.25, -0.2) is 0 Å². The van der Waals surface area contributed by atoms with Crippen LogP contribution in [-0.4, -0.2) is 35.6 Å². The van der Waals surface area contributed by atoms with Gasteiger partial charge in [0.2, 0.25) is 5.91 Å². The molecule has 25 heavy (non-hydrogen) atoms. The van der Waals surface area contributed by atoms with Crippen LogP contribution in [0.3, 0.4) is 0 Å². The van der Waals surface area contributed by atoms with Crippen molar-refractivity contribution >= 4 is 11.6 Å². The maximum Gasteiger partial charge on any atom is 0.246 e. The molecule has 0 unspecified atom stereocenters. The Morgan fingerprint density at radius 2 is 2.00 bits per heavy atom. The van der Waals surface area contributed by atoms with E-state index in [1.807, 2.05) is 62.4 Å². The molecule has 1 aliphatic rings. The summed E-state index contributed by atoms with van der Waals surface area (Å²) in [5.74, 6) is 0.234. The van der Waals surface area contributed by atoms with Crippen LogP contribution in [0.2, 0.25) is 0 Å². The molecule has 0 radical (unpaired) electrons. The highest BCUT2D eigenvalue weighted by molar-refractivity contribution is 5.96. The second-order valence-corrected chi connectivity index (χ2v) is 6.95. The highest BCUT2D eigenvalue weighted by atomic mass is 16.3. The standard InChI is InChI=1S/C21H26N2O2/c1-15-8-9-16(2)19(12-15)22-21(25)20(18-6-4-3-5-7-18)23-11-10-17(13-23)14-24/h3-9,12,17,20,24H,10-11,13-14H2,1-2H3,(H,22,25)/t17-,20-/m0/s1. The van der Waals surface area contributed by atoms with Crippen molar-refractivity contribution in [2.45, 2.75) is 26.3 Å². The van der Waals surface area contributed by atoms with E-state index in [1.165, 1.54) is 0 Å². The minimum atomic E-state index is -0.335. The van der Waals surface area contributed by atoms with Crippen LogP contribution in [0, 0.1) is 19.8 Å². The van der Waals surface area contributed by atoms with Gasteiger partial charge in [0, 0.05) is 18.8 Å². The SMILES string of the molecule is Cc1ccc(C)c(NC(=O)[C@H](c2ccccc2)N2CC[C@H](CO)C2)c1. The predicted molar refractivity (Wildman–Crippen MR) is 100 cm³/mol. The van der Waals surface area contributed by atoms with Crippen LogP contribution in [0.4, 0.5) is 5.69 Å². The second kappa shape index (κ2) is 7.81. The first-order valence-electron chi connectivity index (χ1n) is 8.86. The van der Waals surface area contributed by atoms with Gasteiger partial charge >= 0.3 is 0 Å². The largest absolute Gasteiger partial charge is 0.396 e. The minimum Gasteiger partial charge on any atom is -0.396 e. The highest BCUT2D eigenvalue weighted by Crippen LogP contribution is 2.29. The van der Waals surface area contributed by atoms with Crippen LogP contribution in [0.1, 0.15) is 29.2 Å². The summed E-state index contributed by atoms with van der Waals surface area (Å²) < 4.78 is 0. The number of hydrogen-bond acceptors (Lipinski definition) is 3.